The lowest BCUT2D eigenvalue weighted by atomic mass is 9.89. The molecule has 2 aromatic carbocycles. The van der Waals surface area contributed by atoms with Crippen LogP contribution in [0.3, 0.4) is 0 Å². The first-order chi connectivity index (χ1) is 15.1. The summed E-state index contributed by atoms with van der Waals surface area (Å²) >= 11 is 0. The van der Waals surface area contributed by atoms with E-state index in [1.165, 1.54) is 17.0 Å². The van der Waals surface area contributed by atoms with Crippen LogP contribution in [0, 0.1) is 5.82 Å². The molecule has 168 valence electrons. The Hall–Kier alpha value is -3.63. The number of rotatable bonds is 4. The molecule has 0 saturated carbocycles. The van der Waals surface area contributed by atoms with Gasteiger partial charge in [0.15, 0.2) is 0 Å². The van der Waals surface area contributed by atoms with Crippen LogP contribution >= 0.6 is 0 Å². The van der Waals surface area contributed by atoms with Crippen LogP contribution in [0.15, 0.2) is 42.5 Å². The molecule has 0 bridgehead atoms. The van der Waals surface area contributed by atoms with Crippen molar-refractivity contribution in [1.29, 1.82) is 0 Å². The second kappa shape index (κ2) is 7.81. The third-order valence-corrected chi connectivity index (χ3v) is 5.39. The van der Waals surface area contributed by atoms with E-state index in [0.29, 0.717) is 13.0 Å². The number of cyclic esters (lactones) is 1. The molecule has 11 heteroatoms. The van der Waals surface area contributed by atoms with Gasteiger partial charge in [0.25, 0.3) is 11.5 Å². The first-order valence-corrected chi connectivity index (χ1v) is 9.66. The second-order valence-corrected chi connectivity index (χ2v) is 7.41. The number of anilines is 2. The predicted octanol–water partition coefficient (Wildman–Crippen LogP) is 3.70. The van der Waals surface area contributed by atoms with Crippen molar-refractivity contribution in [3.63, 3.8) is 0 Å². The lowest BCUT2D eigenvalue weighted by molar-refractivity contribution is -0.261. The molecule has 3 amide bonds. The van der Waals surface area contributed by atoms with E-state index >= 15 is 0 Å². The standard InChI is InChI=1S/C21H17F4N3O4/c22-13-5-3-12(4-6-13)18(30)26-11-20(21(23,24)25)15-10-14(28-9-1-2-17(28)29)7-8-16(15)27-19(31)32-20/h3-8,10H,1-2,9,11H2,(H,26,30)(H,27,31)/t20-/m1/s1. The Morgan fingerprint density at radius 3 is 2.50 bits per heavy atom. The molecule has 1 atom stereocenters. The smallest absolute Gasteiger partial charge is 0.426 e. The van der Waals surface area contributed by atoms with E-state index in [4.69, 9.17) is 4.74 Å². The maximum atomic E-state index is 14.4. The molecule has 2 aromatic rings. The number of carbonyl (C=O) groups excluding carboxylic acids is 3. The number of benzene rings is 2. The number of amides is 3. The third kappa shape index (κ3) is 3.74. The van der Waals surface area contributed by atoms with Gasteiger partial charge in [0.1, 0.15) is 5.82 Å². The normalized spacial score (nSPS) is 20.4. The van der Waals surface area contributed by atoms with Crippen LogP contribution < -0.4 is 15.5 Å². The molecular formula is C21H17F4N3O4. The highest BCUT2D eigenvalue weighted by molar-refractivity contribution is 5.97. The summed E-state index contributed by atoms with van der Waals surface area (Å²) < 4.78 is 60.9. The van der Waals surface area contributed by atoms with E-state index in [1.54, 1.807) is 0 Å². The van der Waals surface area contributed by atoms with Gasteiger partial charge in [-0.1, -0.05) is 0 Å². The van der Waals surface area contributed by atoms with Gasteiger partial charge in [0, 0.05) is 29.8 Å². The molecule has 2 aliphatic rings. The van der Waals surface area contributed by atoms with Gasteiger partial charge in [-0.2, -0.15) is 13.2 Å². The van der Waals surface area contributed by atoms with Crippen molar-refractivity contribution in [3.8, 4) is 0 Å². The summed E-state index contributed by atoms with van der Waals surface area (Å²) in [5.41, 5.74) is -3.63. The molecule has 1 fully saturated rings. The summed E-state index contributed by atoms with van der Waals surface area (Å²) in [6.07, 6.45) is -5.59. The highest BCUT2D eigenvalue weighted by Gasteiger charge is 2.62. The maximum Gasteiger partial charge on any atom is 0.434 e. The highest BCUT2D eigenvalue weighted by Crippen LogP contribution is 2.48. The van der Waals surface area contributed by atoms with Crippen molar-refractivity contribution >= 4 is 29.3 Å². The molecular weight excluding hydrogens is 434 g/mol. The van der Waals surface area contributed by atoms with Gasteiger partial charge in [-0.25, -0.2) is 9.18 Å². The third-order valence-electron chi connectivity index (χ3n) is 5.39. The SMILES string of the molecule is O=C1Nc2ccc(N3CCCC3=O)cc2[C@](CNC(=O)c2ccc(F)cc2)(C(F)(F)F)O1. The number of fused-ring (bicyclic) bond motifs is 1. The topological polar surface area (TPSA) is 87.7 Å². The summed E-state index contributed by atoms with van der Waals surface area (Å²) in [7, 11) is 0. The van der Waals surface area contributed by atoms with E-state index in [2.05, 4.69) is 10.6 Å². The minimum absolute atomic E-state index is 0.0689. The molecule has 0 radical (unpaired) electrons. The molecule has 1 saturated heterocycles. The molecule has 32 heavy (non-hydrogen) atoms. The van der Waals surface area contributed by atoms with Gasteiger partial charge in [0.2, 0.25) is 5.91 Å². The Balaban J connectivity index is 1.72. The minimum Gasteiger partial charge on any atom is -0.426 e. The van der Waals surface area contributed by atoms with Crippen LogP contribution in [-0.4, -0.2) is 37.2 Å². The van der Waals surface area contributed by atoms with Crippen molar-refractivity contribution < 1.29 is 36.7 Å². The van der Waals surface area contributed by atoms with Gasteiger partial charge >= 0.3 is 12.3 Å². The number of halogens is 4. The number of hydrogen-bond donors (Lipinski definition) is 2. The van der Waals surface area contributed by atoms with Crippen molar-refractivity contribution in [2.24, 2.45) is 0 Å². The van der Waals surface area contributed by atoms with E-state index in [-0.39, 0.29) is 29.3 Å². The summed E-state index contributed by atoms with van der Waals surface area (Å²) in [6.45, 7) is -0.768. The van der Waals surface area contributed by atoms with Gasteiger partial charge in [-0.05, 0) is 48.9 Å². The Kier molecular flexibility index (Phi) is 5.27. The largest absolute Gasteiger partial charge is 0.434 e. The van der Waals surface area contributed by atoms with Crippen molar-refractivity contribution in [2.75, 3.05) is 23.3 Å². The fourth-order valence-electron chi connectivity index (χ4n) is 3.76. The van der Waals surface area contributed by atoms with E-state index in [1.807, 2.05) is 0 Å². The molecule has 2 heterocycles. The number of nitrogens with zero attached hydrogens (tertiary/aromatic N) is 1. The predicted molar refractivity (Wildman–Crippen MR) is 105 cm³/mol. The lowest BCUT2D eigenvalue weighted by Crippen LogP contribution is -2.56. The molecule has 0 aliphatic carbocycles. The first-order valence-electron chi connectivity index (χ1n) is 9.66. The Labute approximate surface area is 179 Å². The zero-order valence-corrected chi connectivity index (χ0v) is 16.5. The fourth-order valence-corrected chi connectivity index (χ4v) is 3.76. The Morgan fingerprint density at radius 2 is 1.88 bits per heavy atom. The first kappa shape index (κ1) is 21.6. The van der Waals surface area contributed by atoms with Crippen LogP contribution in [0.2, 0.25) is 0 Å². The number of alkyl halides is 3. The number of ether oxygens (including phenoxy) is 1. The van der Waals surface area contributed by atoms with Crippen LogP contribution in [-0.2, 0) is 15.1 Å². The maximum absolute atomic E-state index is 14.4. The zero-order chi connectivity index (χ0) is 23.1. The van der Waals surface area contributed by atoms with E-state index in [9.17, 15) is 31.9 Å². The van der Waals surface area contributed by atoms with Crippen molar-refractivity contribution in [1.82, 2.24) is 5.32 Å². The van der Waals surface area contributed by atoms with E-state index < -0.39 is 41.7 Å². The molecule has 0 aromatic heterocycles. The highest BCUT2D eigenvalue weighted by atomic mass is 19.4. The monoisotopic (exact) mass is 451 g/mol. The van der Waals surface area contributed by atoms with E-state index in [0.717, 1.165) is 30.3 Å². The summed E-state index contributed by atoms with van der Waals surface area (Å²) in [6, 6.07) is 8.05. The second-order valence-electron chi connectivity index (χ2n) is 7.41. The molecule has 0 unspecified atom stereocenters. The molecule has 2 N–H and O–H groups in total. The molecule has 2 aliphatic heterocycles. The van der Waals surface area contributed by atoms with Crippen LogP contribution in [0.4, 0.5) is 33.7 Å². The number of hydrogen-bond acceptors (Lipinski definition) is 4. The average molecular weight is 451 g/mol. The van der Waals surface area contributed by atoms with Gasteiger partial charge in [-0.3, -0.25) is 14.9 Å². The summed E-state index contributed by atoms with van der Waals surface area (Å²) in [5, 5.41) is 4.35. The number of nitrogens with one attached hydrogen (secondary N) is 2. The van der Waals surface area contributed by atoms with Crippen LogP contribution in [0.5, 0.6) is 0 Å². The van der Waals surface area contributed by atoms with Gasteiger partial charge in [-0.15, -0.1) is 0 Å². The molecule has 7 nitrogen and oxygen atoms in total. The summed E-state index contributed by atoms with van der Waals surface area (Å²) in [5.74, 6) is -1.75. The fraction of sp³-hybridized carbons (Fsp3) is 0.286. The minimum atomic E-state index is -5.11. The quantitative estimate of drug-likeness (QED) is 0.694. The lowest BCUT2D eigenvalue weighted by Gasteiger charge is -2.40. The van der Waals surface area contributed by atoms with Gasteiger partial charge < -0.3 is 15.0 Å². The van der Waals surface area contributed by atoms with Crippen molar-refractivity contribution in [2.45, 2.75) is 24.6 Å². The summed E-state index contributed by atoms with van der Waals surface area (Å²) in [4.78, 5) is 37.8. The molecule has 0 spiro atoms. The van der Waals surface area contributed by atoms with Crippen LogP contribution in [0.25, 0.3) is 0 Å². The Bertz CT molecular complexity index is 1090. The zero-order valence-electron chi connectivity index (χ0n) is 16.5. The average Bonchev–Trinajstić information content (AvgIpc) is 3.17. The molecule has 4 rings (SSSR count). The van der Waals surface area contributed by atoms with Gasteiger partial charge in [0.05, 0.1) is 12.2 Å². The Morgan fingerprint density at radius 1 is 1.16 bits per heavy atom. The van der Waals surface area contributed by atoms with Crippen LogP contribution in [0.1, 0.15) is 28.8 Å². The van der Waals surface area contributed by atoms with Crippen molar-refractivity contribution in [3.05, 3.63) is 59.4 Å². The number of carbonyl (C=O) groups is 3.